The standard InChI is InChI=1S/C19H24BrNO3/c1-13(22)16-11-15(20)8-9-18(16)24-12-19(23)21-10-4-6-14-5-2-3-7-17(14)21/h8-9,11,14,17H,2-7,10,12H2,1H3/t14-,17-/m0/s1. The second kappa shape index (κ2) is 7.68. The average molecular weight is 394 g/mol. The smallest absolute Gasteiger partial charge is 0.260 e. The highest BCUT2D eigenvalue weighted by Crippen LogP contribution is 2.35. The maximum Gasteiger partial charge on any atom is 0.260 e. The van der Waals surface area contributed by atoms with Crippen molar-refractivity contribution in [1.82, 2.24) is 4.90 Å². The molecular formula is C19H24BrNO3. The minimum Gasteiger partial charge on any atom is -0.483 e. The molecule has 2 atom stereocenters. The molecule has 1 aliphatic heterocycles. The van der Waals surface area contributed by atoms with Gasteiger partial charge in [-0.1, -0.05) is 28.8 Å². The first-order valence-corrected chi connectivity index (χ1v) is 9.58. The zero-order chi connectivity index (χ0) is 17.1. The van der Waals surface area contributed by atoms with Gasteiger partial charge in [0, 0.05) is 17.1 Å². The molecule has 1 saturated carbocycles. The molecule has 5 heteroatoms. The zero-order valence-electron chi connectivity index (χ0n) is 14.1. The predicted octanol–water partition coefficient (Wildman–Crippen LogP) is 4.21. The van der Waals surface area contributed by atoms with Crippen molar-refractivity contribution in [3.05, 3.63) is 28.2 Å². The molecule has 1 aliphatic carbocycles. The van der Waals surface area contributed by atoms with Crippen LogP contribution in [-0.4, -0.2) is 35.8 Å². The number of carbonyl (C=O) groups excluding carboxylic acids is 2. The summed E-state index contributed by atoms with van der Waals surface area (Å²) in [6.07, 6.45) is 7.21. The molecular weight excluding hydrogens is 370 g/mol. The van der Waals surface area contributed by atoms with Gasteiger partial charge in [0.1, 0.15) is 5.75 Å². The Labute approximate surface area is 151 Å². The van der Waals surface area contributed by atoms with Gasteiger partial charge in [-0.25, -0.2) is 0 Å². The summed E-state index contributed by atoms with van der Waals surface area (Å²) in [6.45, 7) is 2.35. The van der Waals surface area contributed by atoms with Crippen LogP contribution in [0.1, 0.15) is 55.8 Å². The van der Waals surface area contributed by atoms with E-state index >= 15 is 0 Å². The Bertz CT molecular complexity index is 629. The number of ether oxygens (including phenoxy) is 1. The quantitative estimate of drug-likeness (QED) is 0.719. The minimum absolute atomic E-state index is 0.00509. The van der Waals surface area contributed by atoms with Crippen LogP contribution in [0.3, 0.4) is 0 Å². The van der Waals surface area contributed by atoms with E-state index in [0.29, 0.717) is 23.3 Å². The van der Waals surface area contributed by atoms with Crippen LogP contribution in [0.15, 0.2) is 22.7 Å². The number of carbonyl (C=O) groups is 2. The Morgan fingerprint density at radius 2 is 1.96 bits per heavy atom. The Hall–Kier alpha value is -1.36. The molecule has 0 unspecified atom stereocenters. The van der Waals surface area contributed by atoms with Crippen molar-refractivity contribution in [3.8, 4) is 5.75 Å². The van der Waals surface area contributed by atoms with Gasteiger partial charge >= 0.3 is 0 Å². The molecule has 3 rings (SSSR count). The van der Waals surface area contributed by atoms with E-state index in [0.717, 1.165) is 23.9 Å². The molecule has 1 aromatic rings. The van der Waals surface area contributed by atoms with Crippen LogP contribution in [-0.2, 0) is 4.79 Å². The lowest BCUT2D eigenvalue weighted by Crippen LogP contribution is -2.51. The van der Waals surface area contributed by atoms with Gasteiger partial charge in [-0.2, -0.15) is 0 Å². The molecule has 4 nitrogen and oxygen atoms in total. The Kier molecular flexibility index (Phi) is 5.59. The van der Waals surface area contributed by atoms with E-state index in [9.17, 15) is 9.59 Å². The fourth-order valence-corrected chi connectivity index (χ4v) is 4.42. The van der Waals surface area contributed by atoms with E-state index in [1.54, 1.807) is 12.1 Å². The molecule has 2 aliphatic rings. The highest BCUT2D eigenvalue weighted by atomic mass is 79.9. The number of benzene rings is 1. The average Bonchev–Trinajstić information content (AvgIpc) is 2.59. The molecule has 2 fully saturated rings. The summed E-state index contributed by atoms with van der Waals surface area (Å²) >= 11 is 3.36. The van der Waals surface area contributed by atoms with E-state index in [1.807, 2.05) is 11.0 Å². The maximum absolute atomic E-state index is 12.7. The van der Waals surface area contributed by atoms with Crippen molar-refractivity contribution < 1.29 is 14.3 Å². The number of likely N-dealkylation sites (tertiary alicyclic amines) is 1. The van der Waals surface area contributed by atoms with Crippen molar-refractivity contribution in [1.29, 1.82) is 0 Å². The van der Waals surface area contributed by atoms with Gasteiger partial charge in [0.15, 0.2) is 12.4 Å². The number of amides is 1. The second-order valence-electron chi connectivity index (χ2n) is 6.83. The van der Waals surface area contributed by atoms with E-state index in [2.05, 4.69) is 15.9 Å². The molecule has 0 N–H and O–H groups in total. The van der Waals surface area contributed by atoms with E-state index < -0.39 is 0 Å². The van der Waals surface area contributed by atoms with Crippen LogP contribution in [0.2, 0.25) is 0 Å². The molecule has 0 radical (unpaired) electrons. The fraction of sp³-hybridized carbons (Fsp3) is 0.579. The number of hydrogen-bond donors (Lipinski definition) is 0. The zero-order valence-corrected chi connectivity index (χ0v) is 15.7. The largest absolute Gasteiger partial charge is 0.483 e. The summed E-state index contributed by atoms with van der Waals surface area (Å²) in [5, 5.41) is 0. The van der Waals surface area contributed by atoms with Crippen LogP contribution in [0, 0.1) is 5.92 Å². The summed E-state index contributed by atoms with van der Waals surface area (Å²) in [6, 6.07) is 5.69. The number of fused-ring (bicyclic) bond motifs is 1. The highest BCUT2D eigenvalue weighted by Gasteiger charge is 2.35. The van der Waals surface area contributed by atoms with Gasteiger partial charge in [0.25, 0.3) is 5.91 Å². The summed E-state index contributed by atoms with van der Waals surface area (Å²) in [5.41, 5.74) is 0.506. The summed E-state index contributed by atoms with van der Waals surface area (Å²) in [7, 11) is 0. The number of halogens is 1. The first-order chi connectivity index (χ1) is 11.6. The third-order valence-electron chi connectivity index (χ3n) is 5.24. The van der Waals surface area contributed by atoms with Crippen LogP contribution >= 0.6 is 15.9 Å². The highest BCUT2D eigenvalue weighted by molar-refractivity contribution is 9.10. The number of hydrogen-bond acceptors (Lipinski definition) is 3. The van der Waals surface area contributed by atoms with E-state index in [1.165, 1.54) is 32.6 Å². The fourth-order valence-electron chi connectivity index (χ4n) is 4.06. The Morgan fingerprint density at radius 1 is 1.21 bits per heavy atom. The van der Waals surface area contributed by atoms with Crippen LogP contribution in [0.25, 0.3) is 0 Å². The van der Waals surface area contributed by atoms with Crippen molar-refractivity contribution in [2.75, 3.05) is 13.2 Å². The third kappa shape index (κ3) is 3.82. The minimum atomic E-state index is -0.0657. The van der Waals surface area contributed by atoms with Gasteiger partial charge in [-0.05, 0) is 56.7 Å². The molecule has 130 valence electrons. The van der Waals surface area contributed by atoms with Gasteiger partial charge < -0.3 is 9.64 Å². The SMILES string of the molecule is CC(=O)c1cc(Br)ccc1OCC(=O)N1CCC[C@@H]2CCCC[C@@H]21. The lowest BCUT2D eigenvalue weighted by molar-refractivity contribution is -0.139. The first kappa shape index (κ1) is 17.5. The molecule has 24 heavy (non-hydrogen) atoms. The summed E-state index contributed by atoms with van der Waals surface area (Å²) in [5.74, 6) is 1.13. The van der Waals surface area contributed by atoms with Crippen molar-refractivity contribution in [2.45, 2.75) is 51.5 Å². The topological polar surface area (TPSA) is 46.6 Å². The Morgan fingerprint density at radius 3 is 2.75 bits per heavy atom. The lowest BCUT2D eigenvalue weighted by Gasteiger charge is -2.44. The van der Waals surface area contributed by atoms with Crippen LogP contribution < -0.4 is 4.74 Å². The summed E-state index contributed by atoms with van der Waals surface area (Å²) in [4.78, 5) is 26.5. The molecule has 1 heterocycles. The second-order valence-corrected chi connectivity index (χ2v) is 7.74. The van der Waals surface area contributed by atoms with Crippen molar-refractivity contribution in [3.63, 3.8) is 0 Å². The maximum atomic E-state index is 12.7. The predicted molar refractivity (Wildman–Crippen MR) is 96.3 cm³/mol. The number of Topliss-reactive ketones (excluding diaryl/α,β-unsaturated/α-hetero) is 1. The van der Waals surface area contributed by atoms with Crippen LogP contribution in [0.5, 0.6) is 5.75 Å². The van der Waals surface area contributed by atoms with Gasteiger partial charge in [-0.15, -0.1) is 0 Å². The lowest BCUT2D eigenvalue weighted by atomic mass is 9.78. The molecule has 1 saturated heterocycles. The molecule has 1 aromatic carbocycles. The molecule has 0 spiro atoms. The Balaban J connectivity index is 1.66. The number of piperidine rings is 1. The number of nitrogens with zero attached hydrogens (tertiary/aromatic N) is 1. The van der Waals surface area contributed by atoms with Crippen LogP contribution in [0.4, 0.5) is 0 Å². The molecule has 1 amide bonds. The van der Waals surface area contributed by atoms with Gasteiger partial charge in [0.2, 0.25) is 0 Å². The first-order valence-electron chi connectivity index (χ1n) is 8.79. The third-order valence-corrected chi connectivity index (χ3v) is 5.73. The number of ketones is 1. The van der Waals surface area contributed by atoms with Crippen molar-refractivity contribution in [2.24, 2.45) is 5.92 Å². The van der Waals surface area contributed by atoms with E-state index in [4.69, 9.17) is 4.74 Å². The van der Waals surface area contributed by atoms with E-state index in [-0.39, 0.29) is 18.3 Å². The molecule has 0 bridgehead atoms. The summed E-state index contributed by atoms with van der Waals surface area (Å²) < 4.78 is 6.54. The monoisotopic (exact) mass is 393 g/mol. The molecule has 0 aromatic heterocycles. The van der Waals surface area contributed by atoms with Gasteiger partial charge in [0.05, 0.1) is 5.56 Å². The van der Waals surface area contributed by atoms with Crippen molar-refractivity contribution >= 4 is 27.6 Å². The van der Waals surface area contributed by atoms with Gasteiger partial charge in [-0.3, -0.25) is 9.59 Å². The number of rotatable bonds is 4. The normalized spacial score (nSPS) is 23.5.